The molecule has 7 nitrogen and oxygen atoms in total. The van der Waals surface area contributed by atoms with Crippen LogP contribution in [0.5, 0.6) is 5.75 Å². The van der Waals surface area contributed by atoms with Crippen molar-refractivity contribution in [3.8, 4) is 5.75 Å². The monoisotopic (exact) mass is 470 g/mol. The normalized spacial score (nSPS) is 17.8. The van der Waals surface area contributed by atoms with Gasteiger partial charge in [-0.25, -0.2) is 0 Å². The molecule has 4 rings (SSSR count). The van der Waals surface area contributed by atoms with Crippen molar-refractivity contribution in [2.45, 2.75) is 0 Å². The van der Waals surface area contributed by atoms with Gasteiger partial charge in [-0.05, 0) is 36.4 Å². The summed E-state index contributed by atoms with van der Waals surface area (Å²) in [6, 6.07) is 15.9. The van der Waals surface area contributed by atoms with Crippen LogP contribution in [0.4, 0.5) is 11.4 Å². The number of rotatable bonds is 3. The predicted octanol–water partition coefficient (Wildman–Crippen LogP) is 4.24. The average molecular weight is 471 g/mol. The highest BCUT2D eigenvalue weighted by molar-refractivity contribution is 7.21. The third-order valence-corrected chi connectivity index (χ3v) is 6.36. The molecule has 1 N–H and O–H groups in total. The first-order valence-electron chi connectivity index (χ1n) is 11.2. The Labute approximate surface area is 198 Å². The van der Waals surface area contributed by atoms with Crippen molar-refractivity contribution in [3.05, 3.63) is 53.4 Å². The minimum atomic E-state index is 0.285. The summed E-state index contributed by atoms with van der Waals surface area (Å²) in [6.45, 7) is 6.20. The van der Waals surface area contributed by atoms with E-state index in [1.54, 1.807) is 6.21 Å². The molecule has 3 aromatic rings. The Morgan fingerprint density at radius 1 is 0.758 bits per heavy atom. The predicted molar refractivity (Wildman–Crippen MR) is 133 cm³/mol. The second kappa shape index (κ2) is 12.7. The van der Waals surface area contributed by atoms with Crippen LogP contribution in [0.25, 0.3) is 10.1 Å². The molecule has 1 fully saturated rings. The molecule has 1 aliphatic heterocycles. The molecule has 0 atom stereocenters. The van der Waals surface area contributed by atoms with Gasteiger partial charge in [0.2, 0.25) is 0 Å². The number of benzene rings is 2. The zero-order valence-corrected chi connectivity index (χ0v) is 19.5. The Morgan fingerprint density at radius 2 is 1.33 bits per heavy atom. The number of aromatic hydroxyl groups is 1. The van der Waals surface area contributed by atoms with Gasteiger partial charge in [0.1, 0.15) is 5.75 Å². The summed E-state index contributed by atoms with van der Waals surface area (Å²) in [5, 5.41) is 11.3. The molecule has 8 heteroatoms. The third kappa shape index (κ3) is 6.99. The Hall–Kier alpha value is -2.49. The summed E-state index contributed by atoms with van der Waals surface area (Å²) in [5.41, 5.74) is 1.92. The summed E-state index contributed by atoms with van der Waals surface area (Å²) >= 11 is 1.53. The van der Waals surface area contributed by atoms with Crippen molar-refractivity contribution >= 4 is 39.0 Å². The summed E-state index contributed by atoms with van der Waals surface area (Å²) in [7, 11) is 0. The van der Waals surface area contributed by atoms with Crippen molar-refractivity contribution in [1.82, 2.24) is 0 Å². The Balaban J connectivity index is 1.38. The lowest BCUT2D eigenvalue weighted by atomic mass is 10.2. The molecule has 33 heavy (non-hydrogen) atoms. The van der Waals surface area contributed by atoms with Crippen LogP contribution in [0.3, 0.4) is 0 Å². The fourth-order valence-corrected chi connectivity index (χ4v) is 4.47. The number of nitrogens with zero attached hydrogens (tertiary/aromatic N) is 2. The van der Waals surface area contributed by atoms with Crippen LogP contribution in [0, 0.1) is 0 Å². The van der Waals surface area contributed by atoms with Crippen molar-refractivity contribution in [1.29, 1.82) is 0 Å². The summed E-state index contributed by atoms with van der Waals surface area (Å²) < 4.78 is 23.4. The molecule has 0 unspecified atom stereocenters. The van der Waals surface area contributed by atoms with Crippen LogP contribution < -0.4 is 4.90 Å². The van der Waals surface area contributed by atoms with Gasteiger partial charge in [0.15, 0.2) is 0 Å². The maximum absolute atomic E-state index is 10.4. The molecule has 0 aliphatic carbocycles. The van der Waals surface area contributed by atoms with E-state index in [-0.39, 0.29) is 5.75 Å². The van der Waals surface area contributed by atoms with E-state index >= 15 is 0 Å². The second-order valence-electron chi connectivity index (χ2n) is 7.52. The average Bonchev–Trinajstić information content (AvgIpc) is 3.16. The zero-order chi connectivity index (χ0) is 22.7. The van der Waals surface area contributed by atoms with Gasteiger partial charge < -0.3 is 29.0 Å². The van der Waals surface area contributed by atoms with Crippen LogP contribution in [-0.2, 0) is 18.9 Å². The molecule has 0 bridgehead atoms. The fraction of sp³-hybridized carbons (Fsp3) is 0.400. The minimum absolute atomic E-state index is 0.285. The molecular weight excluding hydrogens is 440 g/mol. The Bertz CT molecular complexity index is 1010. The van der Waals surface area contributed by atoms with Gasteiger partial charge in [-0.15, -0.1) is 11.3 Å². The van der Waals surface area contributed by atoms with Crippen LogP contribution in [0.2, 0.25) is 0 Å². The number of thiophene rings is 1. The Kier molecular flexibility index (Phi) is 9.08. The van der Waals surface area contributed by atoms with Crippen LogP contribution in [0.1, 0.15) is 4.88 Å². The van der Waals surface area contributed by atoms with Gasteiger partial charge in [0, 0.05) is 35.1 Å². The number of fused-ring (bicyclic) bond motifs is 1. The number of anilines is 1. The van der Waals surface area contributed by atoms with Crippen molar-refractivity contribution in [3.63, 3.8) is 0 Å². The van der Waals surface area contributed by atoms with Crippen LogP contribution in [-0.4, -0.2) is 77.3 Å². The van der Waals surface area contributed by atoms with E-state index in [1.165, 1.54) is 11.3 Å². The van der Waals surface area contributed by atoms with Crippen molar-refractivity contribution in [2.75, 3.05) is 70.8 Å². The molecule has 1 aromatic heterocycles. The molecule has 0 radical (unpaired) electrons. The van der Waals surface area contributed by atoms with E-state index in [1.807, 2.05) is 36.4 Å². The number of hydrogen-bond donors (Lipinski definition) is 1. The van der Waals surface area contributed by atoms with Gasteiger partial charge in [0.25, 0.3) is 0 Å². The number of aliphatic imine (C=N–C) groups is 1. The largest absolute Gasteiger partial charge is 0.506 e. The summed E-state index contributed by atoms with van der Waals surface area (Å²) in [4.78, 5) is 7.56. The maximum Gasteiger partial charge on any atom is 0.142 e. The molecule has 0 amide bonds. The van der Waals surface area contributed by atoms with E-state index < -0.39 is 0 Å². The lowest BCUT2D eigenvalue weighted by molar-refractivity contribution is 0.00206. The first-order valence-corrected chi connectivity index (χ1v) is 12.0. The van der Waals surface area contributed by atoms with E-state index in [2.05, 4.69) is 22.0 Å². The molecule has 2 aromatic carbocycles. The SMILES string of the molecule is Oc1c(C=Nc2ccc(N3CCOCCOCCOCCOCC3)cc2)sc2ccccc12. The first kappa shape index (κ1) is 23.7. The quantitative estimate of drug-likeness (QED) is 0.577. The van der Waals surface area contributed by atoms with Gasteiger partial charge in [0.05, 0.1) is 63.4 Å². The van der Waals surface area contributed by atoms with E-state index in [0.717, 1.165) is 39.4 Å². The van der Waals surface area contributed by atoms with Gasteiger partial charge in [-0.1, -0.05) is 12.1 Å². The second-order valence-corrected chi connectivity index (χ2v) is 8.61. The first-order chi connectivity index (χ1) is 16.3. The van der Waals surface area contributed by atoms with Gasteiger partial charge in [-0.2, -0.15) is 0 Å². The molecular formula is C25H30N2O5S. The van der Waals surface area contributed by atoms with Crippen LogP contribution in [0.15, 0.2) is 53.5 Å². The summed E-state index contributed by atoms with van der Waals surface area (Å²) in [5.74, 6) is 0.285. The smallest absolute Gasteiger partial charge is 0.142 e. The molecule has 1 aliphatic rings. The van der Waals surface area contributed by atoms with Crippen molar-refractivity contribution < 1.29 is 24.1 Å². The van der Waals surface area contributed by atoms with Gasteiger partial charge in [-0.3, -0.25) is 4.99 Å². The maximum atomic E-state index is 10.4. The lowest BCUT2D eigenvalue weighted by Crippen LogP contribution is -2.31. The lowest BCUT2D eigenvalue weighted by Gasteiger charge is -2.25. The van der Waals surface area contributed by atoms with Crippen LogP contribution >= 0.6 is 11.3 Å². The van der Waals surface area contributed by atoms with Crippen molar-refractivity contribution in [2.24, 2.45) is 4.99 Å². The van der Waals surface area contributed by atoms with E-state index in [4.69, 9.17) is 18.9 Å². The molecule has 0 spiro atoms. The minimum Gasteiger partial charge on any atom is -0.506 e. The number of hydrogen-bond acceptors (Lipinski definition) is 8. The highest BCUT2D eigenvalue weighted by atomic mass is 32.1. The third-order valence-electron chi connectivity index (χ3n) is 5.27. The standard InChI is InChI=1S/C25H30N2O5S/c28-25-22-3-1-2-4-23(22)33-24(25)19-26-20-5-7-21(8-6-20)27-9-11-29-13-15-31-17-18-32-16-14-30-12-10-27/h1-8,19,28H,9-18H2. The summed E-state index contributed by atoms with van der Waals surface area (Å²) in [6.07, 6.45) is 1.73. The van der Waals surface area contributed by atoms with E-state index in [9.17, 15) is 5.11 Å². The molecule has 0 saturated carbocycles. The van der Waals surface area contributed by atoms with Gasteiger partial charge >= 0.3 is 0 Å². The van der Waals surface area contributed by atoms with E-state index in [0.29, 0.717) is 52.9 Å². The Morgan fingerprint density at radius 3 is 1.94 bits per heavy atom. The number of ether oxygens (including phenoxy) is 4. The highest BCUT2D eigenvalue weighted by Crippen LogP contribution is 2.35. The molecule has 176 valence electrons. The molecule has 2 heterocycles. The zero-order valence-electron chi connectivity index (χ0n) is 18.7. The topological polar surface area (TPSA) is 72.8 Å². The highest BCUT2D eigenvalue weighted by Gasteiger charge is 2.10. The fourth-order valence-electron chi connectivity index (χ4n) is 3.50. The molecule has 1 saturated heterocycles.